The summed E-state index contributed by atoms with van der Waals surface area (Å²) in [5, 5.41) is 1.00. The van der Waals surface area contributed by atoms with Crippen LogP contribution in [0.1, 0.15) is 25.0 Å². The van der Waals surface area contributed by atoms with Gasteiger partial charge >= 0.3 is 0 Å². The molecule has 2 aromatic rings. The number of amides is 1. The van der Waals surface area contributed by atoms with Gasteiger partial charge in [0.25, 0.3) is 0 Å². The summed E-state index contributed by atoms with van der Waals surface area (Å²) < 4.78 is 0. The summed E-state index contributed by atoms with van der Waals surface area (Å²) in [6, 6.07) is 9.18. The van der Waals surface area contributed by atoms with E-state index in [-0.39, 0.29) is 11.9 Å². The Kier molecular flexibility index (Phi) is 6.20. The number of carbonyl (C=O) groups excluding carboxylic acids is 1. The van der Waals surface area contributed by atoms with Crippen LogP contribution in [-0.2, 0) is 11.3 Å². The fraction of sp³-hybridized carbons (Fsp3) is 0.222. The Morgan fingerprint density at radius 3 is 2.48 bits per heavy atom. The zero-order valence-electron chi connectivity index (χ0n) is 13.0. The van der Waals surface area contributed by atoms with Gasteiger partial charge in [0.15, 0.2) is 0 Å². The molecule has 0 saturated carbocycles. The number of rotatable bonds is 5. The molecule has 1 amide bonds. The van der Waals surface area contributed by atoms with Crippen LogP contribution in [0.15, 0.2) is 48.8 Å². The second-order valence-corrected chi connectivity index (χ2v) is 6.24. The summed E-state index contributed by atoms with van der Waals surface area (Å²) in [5.74, 6) is -0.0529. The molecule has 0 bridgehead atoms. The lowest BCUT2D eigenvalue weighted by Gasteiger charge is -2.25. The van der Waals surface area contributed by atoms with Crippen molar-refractivity contribution in [1.82, 2.24) is 9.88 Å². The Labute approximate surface area is 146 Å². The highest BCUT2D eigenvalue weighted by Crippen LogP contribution is 2.23. The van der Waals surface area contributed by atoms with Crippen molar-refractivity contribution in [2.45, 2.75) is 26.4 Å². The first-order chi connectivity index (χ1) is 11.0. The third-order valence-corrected chi connectivity index (χ3v) is 4.11. The Morgan fingerprint density at radius 2 is 1.87 bits per heavy atom. The lowest BCUT2D eigenvalue weighted by molar-refractivity contribution is -0.128. The van der Waals surface area contributed by atoms with Crippen LogP contribution in [0.5, 0.6) is 0 Å². The SMILES string of the molecule is CC(C)N(Cc1ccc(Cl)c(Cl)c1)C(=O)/C=C/c1ccncc1. The van der Waals surface area contributed by atoms with Crippen LogP contribution in [-0.4, -0.2) is 21.8 Å². The highest BCUT2D eigenvalue weighted by atomic mass is 35.5. The van der Waals surface area contributed by atoms with E-state index in [0.717, 1.165) is 11.1 Å². The van der Waals surface area contributed by atoms with E-state index in [2.05, 4.69) is 4.98 Å². The Morgan fingerprint density at radius 1 is 1.17 bits per heavy atom. The first kappa shape index (κ1) is 17.5. The summed E-state index contributed by atoms with van der Waals surface area (Å²) in [5.41, 5.74) is 1.88. The van der Waals surface area contributed by atoms with Crippen molar-refractivity contribution < 1.29 is 4.79 Å². The van der Waals surface area contributed by atoms with Crippen LogP contribution in [0.4, 0.5) is 0 Å². The second kappa shape index (κ2) is 8.14. The molecule has 0 N–H and O–H groups in total. The number of benzene rings is 1. The molecule has 1 heterocycles. The molecular weight excluding hydrogens is 331 g/mol. The van der Waals surface area contributed by atoms with Crippen LogP contribution >= 0.6 is 23.2 Å². The van der Waals surface area contributed by atoms with E-state index >= 15 is 0 Å². The van der Waals surface area contributed by atoms with Gasteiger partial charge in [-0.05, 0) is 55.3 Å². The molecule has 1 aromatic carbocycles. The monoisotopic (exact) mass is 348 g/mol. The standard InChI is InChI=1S/C18H18Cl2N2O/c1-13(2)22(12-15-3-5-16(19)17(20)11-15)18(23)6-4-14-7-9-21-10-8-14/h3-11,13H,12H2,1-2H3/b6-4+. The van der Waals surface area contributed by atoms with Gasteiger partial charge in [-0.25, -0.2) is 0 Å². The number of hydrogen-bond acceptors (Lipinski definition) is 2. The Balaban J connectivity index is 2.12. The minimum absolute atomic E-state index is 0.0529. The molecule has 0 aliphatic heterocycles. The van der Waals surface area contributed by atoms with E-state index in [1.54, 1.807) is 41.6 Å². The molecule has 1 aromatic heterocycles. The van der Waals surface area contributed by atoms with Gasteiger partial charge in [-0.1, -0.05) is 29.3 Å². The molecule has 23 heavy (non-hydrogen) atoms. The summed E-state index contributed by atoms with van der Waals surface area (Å²) in [7, 11) is 0. The highest BCUT2D eigenvalue weighted by Gasteiger charge is 2.15. The van der Waals surface area contributed by atoms with Crippen molar-refractivity contribution in [3.63, 3.8) is 0 Å². The van der Waals surface area contributed by atoms with Crippen LogP contribution in [0.25, 0.3) is 6.08 Å². The molecule has 2 rings (SSSR count). The zero-order chi connectivity index (χ0) is 16.8. The van der Waals surface area contributed by atoms with E-state index in [1.165, 1.54) is 0 Å². The van der Waals surface area contributed by atoms with Crippen LogP contribution in [0, 0.1) is 0 Å². The highest BCUT2D eigenvalue weighted by molar-refractivity contribution is 6.42. The number of pyridine rings is 1. The number of halogens is 2. The molecule has 0 unspecified atom stereocenters. The molecular formula is C18H18Cl2N2O. The van der Waals surface area contributed by atoms with Crippen molar-refractivity contribution in [1.29, 1.82) is 0 Å². The molecule has 3 nitrogen and oxygen atoms in total. The predicted molar refractivity (Wildman–Crippen MR) is 95.4 cm³/mol. The summed E-state index contributed by atoms with van der Waals surface area (Å²) in [4.78, 5) is 18.2. The lowest BCUT2D eigenvalue weighted by atomic mass is 10.1. The maximum atomic E-state index is 12.5. The first-order valence-electron chi connectivity index (χ1n) is 7.30. The summed E-state index contributed by atoms with van der Waals surface area (Å²) in [6.45, 7) is 4.44. The number of hydrogen-bond donors (Lipinski definition) is 0. The van der Waals surface area contributed by atoms with Gasteiger partial charge in [-0.3, -0.25) is 9.78 Å². The second-order valence-electron chi connectivity index (χ2n) is 5.42. The molecule has 0 aliphatic rings. The van der Waals surface area contributed by atoms with Crippen molar-refractivity contribution in [2.75, 3.05) is 0 Å². The molecule has 0 aliphatic carbocycles. The van der Waals surface area contributed by atoms with Crippen LogP contribution < -0.4 is 0 Å². The van der Waals surface area contributed by atoms with Crippen LogP contribution in [0.3, 0.4) is 0 Å². The zero-order valence-corrected chi connectivity index (χ0v) is 14.6. The number of carbonyl (C=O) groups is 1. The third kappa shape index (κ3) is 5.08. The van der Waals surface area contributed by atoms with Gasteiger partial charge < -0.3 is 4.90 Å². The summed E-state index contributed by atoms with van der Waals surface area (Å²) in [6.07, 6.45) is 6.75. The fourth-order valence-corrected chi connectivity index (χ4v) is 2.41. The van der Waals surface area contributed by atoms with Crippen molar-refractivity contribution in [2.24, 2.45) is 0 Å². The normalized spacial score (nSPS) is 11.2. The van der Waals surface area contributed by atoms with E-state index in [4.69, 9.17) is 23.2 Å². The topological polar surface area (TPSA) is 33.2 Å². The molecule has 5 heteroatoms. The maximum Gasteiger partial charge on any atom is 0.247 e. The van der Waals surface area contributed by atoms with Crippen molar-refractivity contribution in [3.05, 3.63) is 70.0 Å². The van der Waals surface area contributed by atoms with Crippen molar-refractivity contribution >= 4 is 35.2 Å². The van der Waals surface area contributed by atoms with Gasteiger partial charge in [0.2, 0.25) is 5.91 Å². The molecule has 0 spiro atoms. The third-order valence-electron chi connectivity index (χ3n) is 3.37. The minimum Gasteiger partial charge on any atom is -0.332 e. The van der Waals surface area contributed by atoms with Gasteiger partial charge in [0, 0.05) is 31.1 Å². The van der Waals surface area contributed by atoms with E-state index in [1.807, 2.05) is 32.0 Å². The van der Waals surface area contributed by atoms with Gasteiger partial charge in [-0.15, -0.1) is 0 Å². The Bertz CT molecular complexity index is 699. The summed E-state index contributed by atoms with van der Waals surface area (Å²) >= 11 is 12.0. The van der Waals surface area contributed by atoms with Crippen molar-refractivity contribution in [3.8, 4) is 0 Å². The lowest BCUT2D eigenvalue weighted by Crippen LogP contribution is -2.35. The molecule has 120 valence electrons. The number of aromatic nitrogens is 1. The largest absolute Gasteiger partial charge is 0.332 e. The smallest absolute Gasteiger partial charge is 0.247 e. The average Bonchev–Trinajstić information content (AvgIpc) is 2.54. The van der Waals surface area contributed by atoms with Gasteiger partial charge in [-0.2, -0.15) is 0 Å². The van der Waals surface area contributed by atoms with Gasteiger partial charge in [0.1, 0.15) is 0 Å². The fourth-order valence-electron chi connectivity index (χ4n) is 2.09. The van der Waals surface area contributed by atoms with E-state index < -0.39 is 0 Å². The van der Waals surface area contributed by atoms with E-state index in [9.17, 15) is 4.79 Å². The molecule has 0 fully saturated rings. The first-order valence-corrected chi connectivity index (χ1v) is 8.05. The quantitative estimate of drug-likeness (QED) is 0.724. The van der Waals surface area contributed by atoms with Gasteiger partial charge in [0.05, 0.1) is 10.0 Å². The Hall–Kier alpha value is -1.84. The molecule has 0 saturated heterocycles. The maximum absolute atomic E-state index is 12.5. The average molecular weight is 349 g/mol. The predicted octanol–water partition coefficient (Wildman–Crippen LogP) is 4.84. The van der Waals surface area contributed by atoms with E-state index in [0.29, 0.717) is 16.6 Å². The number of nitrogens with zero attached hydrogens (tertiary/aromatic N) is 2. The molecule has 0 radical (unpaired) electrons. The molecule has 0 atom stereocenters. The minimum atomic E-state index is -0.0529. The van der Waals surface area contributed by atoms with Crippen LogP contribution in [0.2, 0.25) is 10.0 Å².